The lowest BCUT2D eigenvalue weighted by atomic mass is 10.1. The molecule has 7 atom stereocenters. The first-order valence-electron chi connectivity index (χ1n) is 10.2. The summed E-state index contributed by atoms with van der Waals surface area (Å²) in [7, 11) is -2.45. The van der Waals surface area contributed by atoms with Crippen LogP contribution in [0, 0.1) is 0 Å². The molecule has 0 radical (unpaired) electrons. The Labute approximate surface area is 169 Å². The highest BCUT2D eigenvalue weighted by molar-refractivity contribution is 7.48. The van der Waals surface area contributed by atoms with Crippen molar-refractivity contribution in [1.82, 2.24) is 0 Å². The molecule has 2 aliphatic rings. The molecule has 166 valence electrons. The summed E-state index contributed by atoms with van der Waals surface area (Å²) in [4.78, 5) is 0. The molecule has 8 nitrogen and oxygen atoms in total. The number of rotatable bonds is 11. The predicted molar refractivity (Wildman–Crippen MR) is 104 cm³/mol. The van der Waals surface area contributed by atoms with Gasteiger partial charge in [-0.3, -0.25) is 13.6 Å². The Hall–Kier alpha value is -0.0500. The predicted octanol–water partition coefficient (Wildman–Crippen LogP) is 3.72. The van der Waals surface area contributed by atoms with Gasteiger partial charge in [0.15, 0.2) is 0 Å². The van der Waals surface area contributed by atoms with E-state index in [1.54, 1.807) is 0 Å². The number of hydrogen-bond donors (Lipinski definition) is 0. The molecule has 0 aliphatic carbocycles. The van der Waals surface area contributed by atoms with Gasteiger partial charge in [0.25, 0.3) is 0 Å². The highest BCUT2D eigenvalue weighted by atomic mass is 31.2. The van der Waals surface area contributed by atoms with Gasteiger partial charge < -0.3 is 18.9 Å². The standard InChI is InChI=1S/C19H37O8P/c1-12(2)22-10-18-17(9-15(6)25-18)27-28(20,21-7)23-11-19-16(24-13(3)4)8-14(5)26-19/h12-19H,8-11H2,1-7H3/t14-,15-,16?,17?,18+,19+,28?/m0/s1. The van der Waals surface area contributed by atoms with Gasteiger partial charge in [-0.15, -0.1) is 0 Å². The Morgan fingerprint density at radius 1 is 0.929 bits per heavy atom. The molecule has 2 aliphatic heterocycles. The largest absolute Gasteiger partial charge is 0.474 e. The number of ether oxygens (including phenoxy) is 4. The second-order valence-electron chi connectivity index (χ2n) is 8.12. The van der Waals surface area contributed by atoms with Gasteiger partial charge in [0.2, 0.25) is 0 Å². The molecule has 28 heavy (non-hydrogen) atoms. The summed E-state index contributed by atoms with van der Waals surface area (Å²) in [5.74, 6) is 0. The Kier molecular flexibility index (Phi) is 9.36. The molecular formula is C19H37O8P. The molecule has 2 saturated heterocycles. The van der Waals surface area contributed by atoms with E-state index in [0.717, 1.165) is 6.42 Å². The van der Waals surface area contributed by atoms with Crippen LogP contribution in [0.5, 0.6) is 0 Å². The summed E-state index contributed by atoms with van der Waals surface area (Å²) in [6.45, 7) is 12.2. The molecule has 0 spiro atoms. The zero-order valence-corrected chi connectivity index (χ0v) is 19.1. The lowest BCUT2D eigenvalue weighted by molar-refractivity contribution is -0.0711. The monoisotopic (exact) mass is 424 g/mol. The van der Waals surface area contributed by atoms with E-state index in [-0.39, 0.29) is 49.3 Å². The molecule has 0 aromatic carbocycles. The van der Waals surface area contributed by atoms with Crippen LogP contribution in [0.25, 0.3) is 0 Å². The minimum absolute atomic E-state index is 0.0149. The Morgan fingerprint density at radius 3 is 2.04 bits per heavy atom. The van der Waals surface area contributed by atoms with Gasteiger partial charge in [-0.1, -0.05) is 0 Å². The maximum atomic E-state index is 13.0. The van der Waals surface area contributed by atoms with E-state index in [0.29, 0.717) is 13.0 Å². The fourth-order valence-electron chi connectivity index (χ4n) is 3.48. The van der Waals surface area contributed by atoms with Crippen molar-refractivity contribution in [2.75, 3.05) is 20.3 Å². The van der Waals surface area contributed by atoms with Crippen LogP contribution in [0.2, 0.25) is 0 Å². The molecule has 0 aromatic heterocycles. The minimum atomic E-state index is -3.76. The average molecular weight is 424 g/mol. The fourth-order valence-corrected chi connectivity index (χ4v) is 4.62. The Bertz CT molecular complexity index is 514. The van der Waals surface area contributed by atoms with Gasteiger partial charge >= 0.3 is 7.82 Å². The summed E-state index contributed by atoms with van der Waals surface area (Å²) in [6.07, 6.45) is 0.392. The van der Waals surface area contributed by atoms with Gasteiger partial charge in [0.1, 0.15) is 18.3 Å². The van der Waals surface area contributed by atoms with Crippen LogP contribution in [-0.4, -0.2) is 69.2 Å². The minimum Gasteiger partial charge on any atom is -0.376 e. The molecule has 2 rings (SSSR count). The van der Waals surface area contributed by atoms with Crippen molar-refractivity contribution >= 4 is 7.82 Å². The molecule has 0 N–H and O–H groups in total. The second kappa shape index (κ2) is 10.8. The van der Waals surface area contributed by atoms with Crippen LogP contribution in [0.1, 0.15) is 54.4 Å². The first-order chi connectivity index (χ1) is 13.1. The summed E-state index contributed by atoms with van der Waals surface area (Å²) >= 11 is 0. The molecular weight excluding hydrogens is 387 g/mol. The number of phosphoric ester groups is 1. The zero-order valence-electron chi connectivity index (χ0n) is 18.2. The van der Waals surface area contributed by atoms with Gasteiger partial charge in [-0.25, -0.2) is 4.57 Å². The van der Waals surface area contributed by atoms with E-state index in [9.17, 15) is 4.57 Å². The maximum Gasteiger partial charge on any atom is 0.474 e. The summed E-state index contributed by atoms with van der Waals surface area (Å²) in [5.41, 5.74) is 0. The van der Waals surface area contributed by atoms with Crippen LogP contribution in [-0.2, 0) is 37.1 Å². The highest BCUT2D eigenvalue weighted by Gasteiger charge is 2.42. The van der Waals surface area contributed by atoms with E-state index in [2.05, 4.69) is 0 Å². The van der Waals surface area contributed by atoms with Crippen molar-refractivity contribution in [2.45, 2.75) is 103 Å². The lowest BCUT2D eigenvalue weighted by Crippen LogP contribution is -2.32. The number of phosphoric acid groups is 1. The first kappa shape index (κ1) is 24.2. The van der Waals surface area contributed by atoms with Gasteiger partial charge in [0, 0.05) is 20.0 Å². The smallest absolute Gasteiger partial charge is 0.376 e. The fraction of sp³-hybridized carbons (Fsp3) is 1.00. The molecule has 9 heteroatoms. The van der Waals surface area contributed by atoms with Crippen LogP contribution in [0.3, 0.4) is 0 Å². The van der Waals surface area contributed by atoms with Crippen molar-refractivity contribution in [2.24, 2.45) is 0 Å². The third-order valence-electron chi connectivity index (χ3n) is 4.70. The summed E-state index contributed by atoms with van der Waals surface area (Å²) in [6, 6.07) is 0. The van der Waals surface area contributed by atoms with Crippen molar-refractivity contribution < 1.29 is 37.1 Å². The van der Waals surface area contributed by atoms with Gasteiger partial charge in [-0.2, -0.15) is 0 Å². The zero-order chi connectivity index (χ0) is 20.9. The lowest BCUT2D eigenvalue weighted by Gasteiger charge is -2.26. The highest BCUT2D eigenvalue weighted by Crippen LogP contribution is 2.52. The maximum absolute atomic E-state index is 13.0. The van der Waals surface area contributed by atoms with Gasteiger partial charge in [0.05, 0.1) is 43.7 Å². The summed E-state index contributed by atoms with van der Waals surface area (Å²) < 4.78 is 52.8. The normalized spacial score (nSPS) is 35.8. The van der Waals surface area contributed by atoms with Crippen LogP contribution in [0.4, 0.5) is 0 Å². The first-order valence-corrected chi connectivity index (χ1v) is 11.6. The molecule has 2 heterocycles. The number of hydrogen-bond acceptors (Lipinski definition) is 8. The molecule has 0 bridgehead atoms. The Balaban J connectivity index is 1.93. The van der Waals surface area contributed by atoms with E-state index in [1.165, 1.54) is 7.11 Å². The van der Waals surface area contributed by atoms with Gasteiger partial charge in [-0.05, 0) is 41.5 Å². The van der Waals surface area contributed by atoms with E-state index >= 15 is 0 Å². The third kappa shape index (κ3) is 7.33. The molecule has 0 aromatic rings. The molecule has 2 fully saturated rings. The van der Waals surface area contributed by atoms with Crippen molar-refractivity contribution in [3.63, 3.8) is 0 Å². The van der Waals surface area contributed by atoms with E-state index in [4.69, 9.17) is 32.5 Å². The second-order valence-corrected chi connectivity index (χ2v) is 9.85. The van der Waals surface area contributed by atoms with Crippen LogP contribution >= 0.6 is 7.82 Å². The quantitative estimate of drug-likeness (QED) is 0.464. The van der Waals surface area contributed by atoms with E-state index < -0.39 is 13.9 Å². The SMILES string of the molecule is COP(=O)(OC[C@H]1O[C@@H](C)CC1OC(C)C)OC1C[C@H](C)O[C@@H]1COC(C)C. The van der Waals surface area contributed by atoms with Crippen molar-refractivity contribution in [3.05, 3.63) is 0 Å². The van der Waals surface area contributed by atoms with Crippen LogP contribution < -0.4 is 0 Å². The van der Waals surface area contributed by atoms with Crippen molar-refractivity contribution in [1.29, 1.82) is 0 Å². The summed E-state index contributed by atoms with van der Waals surface area (Å²) in [5, 5.41) is 0. The van der Waals surface area contributed by atoms with E-state index in [1.807, 2.05) is 41.5 Å². The Morgan fingerprint density at radius 2 is 1.50 bits per heavy atom. The molecule has 0 saturated carbocycles. The molecule has 3 unspecified atom stereocenters. The molecule has 0 amide bonds. The topological polar surface area (TPSA) is 81.7 Å². The van der Waals surface area contributed by atoms with Crippen LogP contribution in [0.15, 0.2) is 0 Å². The average Bonchev–Trinajstić information content (AvgIpc) is 3.12. The third-order valence-corrected chi connectivity index (χ3v) is 6.14. The van der Waals surface area contributed by atoms with Crippen molar-refractivity contribution in [3.8, 4) is 0 Å².